The molecule has 252 valence electrons. The molecule has 1 saturated heterocycles. The van der Waals surface area contributed by atoms with Crippen molar-refractivity contribution in [2.24, 2.45) is 11.8 Å². The molecule has 1 heterocycles. The van der Waals surface area contributed by atoms with Crippen molar-refractivity contribution in [3.63, 3.8) is 0 Å². The Morgan fingerprint density at radius 2 is 1.54 bits per heavy atom. The molecule has 1 fully saturated rings. The molecule has 4 atom stereocenters. The molecule has 0 spiro atoms. The van der Waals surface area contributed by atoms with Gasteiger partial charge in [0.05, 0.1) is 11.7 Å². The number of nitrogens with one attached hydrogen (secondary N) is 4. The summed E-state index contributed by atoms with van der Waals surface area (Å²) in [4.78, 5) is 51.5. The Hall–Kier alpha value is -4.44. The molecule has 2 aromatic rings. The van der Waals surface area contributed by atoms with Crippen molar-refractivity contribution in [2.75, 3.05) is 18.5 Å². The van der Waals surface area contributed by atoms with Crippen LogP contribution in [0.2, 0.25) is 0 Å². The zero-order valence-corrected chi connectivity index (χ0v) is 24.4. The van der Waals surface area contributed by atoms with Crippen LogP contribution in [0.4, 0.5) is 40.8 Å². The summed E-state index contributed by atoms with van der Waals surface area (Å²) in [5.41, 5.74) is -0.642. The van der Waals surface area contributed by atoms with E-state index >= 15 is 0 Å². The Morgan fingerprint density at radius 1 is 0.935 bits per heavy atom. The van der Waals surface area contributed by atoms with Crippen molar-refractivity contribution in [1.29, 1.82) is 0 Å². The van der Waals surface area contributed by atoms with E-state index in [2.05, 4.69) is 10.6 Å². The van der Waals surface area contributed by atoms with Gasteiger partial charge in [-0.1, -0.05) is 26.0 Å². The predicted molar refractivity (Wildman–Crippen MR) is 146 cm³/mol. The van der Waals surface area contributed by atoms with E-state index in [4.69, 9.17) is 4.74 Å². The molecule has 46 heavy (non-hydrogen) atoms. The minimum Gasteiger partial charge on any atom is -0.479 e. The molecule has 9 nitrogen and oxygen atoms in total. The zero-order valence-electron chi connectivity index (χ0n) is 24.4. The van der Waals surface area contributed by atoms with Crippen LogP contribution in [0.25, 0.3) is 0 Å². The highest BCUT2D eigenvalue weighted by molar-refractivity contribution is 5.95. The third kappa shape index (κ3) is 9.29. The first kappa shape index (κ1) is 36.0. The quantitative estimate of drug-likeness (QED) is 0.179. The van der Waals surface area contributed by atoms with Crippen molar-refractivity contribution in [3.05, 3.63) is 59.4 Å². The van der Waals surface area contributed by atoms with Crippen LogP contribution in [0.3, 0.4) is 0 Å². The fraction of sp³-hybridized carbons (Fsp3) is 0.448. The number of hydrogen-bond acceptors (Lipinski definition) is 6. The van der Waals surface area contributed by atoms with Crippen LogP contribution >= 0.6 is 0 Å². The molecule has 0 radical (unpaired) electrons. The fourth-order valence-electron chi connectivity index (χ4n) is 4.61. The highest BCUT2D eigenvalue weighted by Crippen LogP contribution is 2.28. The second kappa shape index (κ2) is 15.2. The summed E-state index contributed by atoms with van der Waals surface area (Å²) in [6.07, 6.45) is -5.69. The van der Waals surface area contributed by atoms with Gasteiger partial charge in [0.1, 0.15) is 18.5 Å². The van der Waals surface area contributed by atoms with Crippen molar-refractivity contribution < 1.29 is 59.0 Å². The summed E-state index contributed by atoms with van der Waals surface area (Å²) in [5, 5.41) is 8.48. The van der Waals surface area contributed by atoms with Crippen LogP contribution < -0.4 is 26.0 Å². The second-order valence-electron chi connectivity index (χ2n) is 10.9. The normalized spacial score (nSPS) is 16.8. The van der Waals surface area contributed by atoms with Gasteiger partial charge < -0.3 is 26.0 Å². The van der Waals surface area contributed by atoms with Gasteiger partial charge in [-0.05, 0) is 37.3 Å². The maximum atomic E-state index is 14.1. The lowest BCUT2D eigenvalue weighted by Gasteiger charge is -2.28. The molecule has 1 aliphatic heterocycles. The summed E-state index contributed by atoms with van der Waals surface area (Å²) in [5.74, 6) is -16.0. The van der Waals surface area contributed by atoms with Crippen LogP contribution in [0, 0.1) is 40.9 Å². The number of para-hydroxylation sites is 1. The van der Waals surface area contributed by atoms with Crippen molar-refractivity contribution >= 4 is 29.2 Å². The lowest BCUT2D eigenvalue weighted by Crippen LogP contribution is -2.57. The van der Waals surface area contributed by atoms with Gasteiger partial charge in [0.15, 0.2) is 23.2 Å². The Labute approximate surface area is 257 Å². The van der Waals surface area contributed by atoms with E-state index in [9.17, 15) is 54.3 Å². The summed E-state index contributed by atoms with van der Waals surface area (Å²) in [6, 6.07) is -2.17. The maximum absolute atomic E-state index is 14.1. The number of ether oxygens (including phenoxy) is 1. The summed E-state index contributed by atoms with van der Waals surface area (Å²) >= 11 is 0. The van der Waals surface area contributed by atoms with Gasteiger partial charge >= 0.3 is 6.18 Å². The Morgan fingerprint density at radius 3 is 2.09 bits per heavy atom. The van der Waals surface area contributed by atoms with E-state index in [0.29, 0.717) is 0 Å². The number of amides is 3. The molecule has 1 unspecified atom stereocenters. The minimum atomic E-state index is -5.25. The van der Waals surface area contributed by atoms with E-state index in [1.807, 2.05) is 5.32 Å². The van der Waals surface area contributed by atoms with Crippen LogP contribution in [0.5, 0.6) is 5.75 Å². The van der Waals surface area contributed by atoms with Gasteiger partial charge in [-0.3, -0.25) is 19.2 Å². The number of carbonyl (C=O) groups excluding carboxylic acids is 4. The van der Waals surface area contributed by atoms with E-state index in [1.54, 1.807) is 19.2 Å². The zero-order chi connectivity index (χ0) is 34.3. The molecule has 0 aromatic heterocycles. The van der Waals surface area contributed by atoms with Crippen molar-refractivity contribution in [1.82, 2.24) is 16.0 Å². The van der Waals surface area contributed by atoms with Crippen molar-refractivity contribution in [2.45, 2.75) is 57.4 Å². The number of hydrogen-bond donors (Lipinski definition) is 4. The van der Waals surface area contributed by atoms with Gasteiger partial charge in [-0.15, -0.1) is 0 Å². The summed E-state index contributed by atoms with van der Waals surface area (Å²) in [6.45, 7) is 2.12. The van der Waals surface area contributed by atoms with Gasteiger partial charge in [-0.25, -0.2) is 13.2 Å². The van der Waals surface area contributed by atoms with E-state index in [-0.39, 0.29) is 25.5 Å². The third-order valence-electron chi connectivity index (χ3n) is 6.92. The number of benzene rings is 2. The molecule has 0 saturated carbocycles. The van der Waals surface area contributed by atoms with Crippen LogP contribution in [-0.2, 0) is 19.2 Å². The Bertz CT molecular complexity index is 1430. The molecule has 0 aliphatic carbocycles. The molecule has 2 aromatic carbocycles. The monoisotopic (exact) mass is 666 g/mol. The molecule has 3 amide bonds. The largest absolute Gasteiger partial charge is 0.479 e. The Kier molecular flexibility index (Phi) is 11.9. The van der Waals surface area contributed by atoms with Gasteiger partial charge in [0.25, 0.3) is 5.91 Å². The third-order valence-corrected chi connectivity index (χ3v) is 6.92. The first-order chi connectivity index (χ1) is 21.5. The Balaban J connectivity index is 1.83. The number of halogens is 8. The predicted octanol–water partition coefficient (Wildman–Crippen LogP) is 3.91. The average molecular weight is 667 g/mol. The summed E-state index contributed by atoms with van der Waals surface area (Å²) < 4.78 is 116. The highest BCUT2D eigenvalue weighted by atomic mass is 19.4. The molecule has 0 bridgehead atoms. The van der Waals surface area contributed by atoms with E-state index in [1.165, 1.54) is 12.1 Å². The van der Waals surface area contributed by atoms with E-state index in [0.717, 1.165) is 12.1 Å². The second-order valence-corrected chi connectivity index (χ2v) is 10.9. The molecule has 17 heteroatoms. The van der Waals surface area contributed by atoms with Crippen LogP contribution in [0.1, 0.15) is 33.1 Å². The van der Waals surface area contributed by atoms with Gasteiger partial charge in [-0.2, -0.15) is 22.0 Å². The first-order valence-corrected chi connectivity index (χ1v) is 13.9. The minimum absolute atomic E-state index is 0.0839. The number of Topliss-reactive ketones (excluding diaryl/α,β-unsaturated/α-hetero) is 1. The topological polar surface area (TPSA) is 126 Å². The number of carbonyl (C=O) groups is 4. The number of rotatable bonds is 14. The average Bonchev–Trinajstić information content (AvgIpc) is 3.37. The molecule has 4 N–H and O–H groups in total. The number of alkyl halides is 3. The lowest BCUT2D eigenvalue weighted by molar-refractivity contribution is -0.160. The van der Waals surface area contributed by atoms with Crippen LogP contribution in [0.15, 0.2) is 30.3 Å². The molecule has 3 rings (SSSR count). The van der Waals surface area contributed by atoms with Crippen molar-refractivity contribution in [3.8, 4) is 5.75 Å². The fourth-order valence-corrected chi connectivity index (χ4v) is 4.61. The molecular weight excluding hydrogens is 636 g/mol. The smallest absolute Gasteiger partial charge is 0.417 e. The lowest BCUT2D eigenvalue weighted by atomic mass is 9.95. The van der Waals surface area contributed by atoms with E-state index < -0.39 is 113 Å². The maximum Gasteiger partial charge on any atom is 0.417 e. The van der Waals surface area contributed by atoms with Gasteiger partial charge in [0.2, 0.25) is 29.5 Å². The summed E-state index contributed by atoms with van der Waals surface area (Å²) in [7, 11) is 0. The van der Waals surface area contributed by atoms with Crippen LogP contribution in [-0.4, -0.2) is 61.0 Å². The first-order valence-electron chi connectivity index (χ1n) is 13.9. The molecular formula is C29H30F8N4O5. The number of anilines is 1. The highest BCUT2D eigenvalue weighted by Gasteiger charge is 2.46. The van der Waals surface area contributed by atoms with Gasteiger partial charge in [0, 0.05) is 18.5 Å². The molecule has 1 aliphatic rings. The SMILES string of the molecule is CC(C)C[C@H](NC(=O)C(Nc1ccccc1F)C(F)(F)F)C(=O)N[C@@H](C[C@@H]1CCNC1=O)C(=O)COc1c(F)c(F)cc(F)c1F. The number of ketones is 1. The standard InChI is InChI=1S/C29H30F8N4O5/c1-13(2)9-20(41-28(45)25(29(35,36)37)39-18-6-4-3-5-15(18)30)27(44)40-19(10-14-7-8-38-26(14)43)21(42)12-46-24-22(33)16(31)11-17(32)23(24)34/h3-6,11,13-14,19-20,25,39H,7-10,12H2,1-2H3,(H,38,43)(H,40,44)(H,41,45)/t14-,19-,20-,25?/m0/s1.